The zero-order valence-corrected chi connectivity index (χ0v) is 8.77. The van der Waals surface area contributed by atoms with E-state index in [1.165, 1.54) is 0 Å². The van der Waals surface area contributed by atoms with Gasteiger partial charge in [-0.25, -0.2) is 22.4 Å². The average molecular weight is 262 g/mol. The molecule has 0 atom stereocenters. The number of anilines is 1. The predicted octanol–water partition coefficient (Wildman–Crippen LogP) is 1.69. The fourth-order valence-corrected chi connectivity index (χ4v) is 1.58. The van der Waals surface area contributed by atoms with Crippen LogP contribution in [0.1, 0.15) is 6.42 Å². The average Bonchev–Trinajstić information content (AvgIpc) is 2.29. The molecule has 1 aromatic carbocycles. The quantitative estimate of drug-likeness (QED) is 0.618. The van der Waals surface area contributed by atoms with Gasteiger partial charge in [0.15, 0.2) is 23.3 Å². The summed E-state index contributed by atoms with van der Waals surface area (Å²) in [7, 11) is 0. The molecule has 2 rings (SSSR count). The number of urea groups is 1. The van der Waals surface area contributed by atoms with Gasteiger partial charge >= 0.3 is 6.03 Å². The standard InChI is InChI=1S/C10H6F4N2O2/c11-4-3-5(12)8(14)9(7(4)13)16-2-1-6(17)15-10(16)18/h3H,1-2H2,(H,15,17,18). The summed E-state index contributed by atoms with van der Waals surface area (Å²) in [6.45, 7) is -0.360. The van der Waals surface area contributed by atoms with E-state index in [-0.39, 0.29) is 19.0 Å². The number of hydrogen-bond donors (Lipinski definition) is 1. The second-order valence-corrected chi connectivity index (χ2v) is 3.57. The summed E-state index contributed by atoms with van der Waals surface area (Å²) < 4.78 is 52.8. The summed E-state index contributed by atoms with van der Waals surface area (Å²) in [5.41, 5.74) is -1.14. The Labute approximate surface area is 98.2 Å². The Balaban J connectivity index is 2.51. The van der Waals surface area contributed by atoms with E-state index in [1.54, 1.807) is 5.32 Å². The first-order valence-electron chi connectivity index (χ1n) is 4.86. The van der Waals surface area contributed by atoms with E-state index in [0.29, 0.717) is 4.90 Å². The molecule has 8 heteroatoms. The second-order valence-electron chi connectivity index (χ2n) is 3.57. The van der Waals surface area contributed by atoms with Gasteiger partial charge in [0.05, 0.1) is 0 Å². The van der Waals surface area contributed by atoms with Crippen LogP contribution in [0.15, 0.2) is 6.07 Å². The molecule has 0 unspecified atom stereocenters. The van der Waals surface area contributed by atoms with Gasteiger partial charge < -0.3 is 0 Å². The van der Waals surface area contributed by atoms with Crippen molar-refractivity contribution in [2.45, 2.75) is 6.42 Å². The lowest BCUT2D eigenvalue weighted by atomic mass is 10.2. The van der Waals surface area contributed by atoms with Gasteiger partial charge in [-0.3, -0.25) is 15.0 Å². The molecule has 4 nitrogen and oxygen atoms in total. The molecule has 0 aromatic heterocycles. The zero-order valence-electron chi connectivity index (χ0n) is 8.77. The van der Waals surface area contributed by atoms with Crippen molar-refractivity contribution in [2.75, 3.05) is 11.4 Å². The van der Waals surface area contributed by atoms with Gasteiger partial charge in [0.1, 0.15) is 5.69 Å². The minimum atomic E-state index is -1.68. The third-order valence-electron chi connectivity index (χ3n) is 2.41. The van der Waals surface area contributed by atoms with Crippen LogP contribution >= 0.6 is 0 Å². The highest BCUT2D eigenvalue weighted by Gasteiger charge is 2.31. The van der Waals surface area contributed by atoms with Crippen molar-refractivity contribution in [3.63, 3.8) is 0 Å². The van der Waals surface area contributed by atoms with Crippen LogP contribution in [-0.2, 0) is 4.79 Å². The van der Waals surface area contributed by atoms with Crippen molar-refractivity contribution in [2.24, 2.45) is 0 Å². The second kappa shape index (κ2) is 4.28. The Morgan fingerprint density at radius 1 is 1.06 bits per heavy atom. The van der Waals surface area contributed by atoms with Crippen LogP contribution in [0.3, 0.4) is 0 Å². The molecule has 1 fully saturated rings. The summed E-state index contributed by atoms with van der Waals surface area (Å²) in [6, 6.07) is -1.09. The molecule has 0 saturated carbocycles. The maximum Gasteiger partial charge on any atom is 0.328 e. The molecule has 1 aliphatic rings. The van der Waals surface area contributed by atoms with Crippen LogP contribution < -0.4 is 10.2 Å². The van der Waals surface area contributed by atoms with Gasteiger partial charge in [0.25, 0.3) is 0 Å². The van der Waals surface area contributed by atoms with E-state index >= 15 is 0 Å². The molecule has 0 bridgehead atoms. The van der Waals surface area contributed by atoms with E-state index in [2.05, 4.69) is 0 Å². The van der Waals surface area contributed by atoms with Gasteiger partial charge in [0, 0.05) is 19.0 Å². The van der Waals surface area contributed by atoms with Gasteiger partial charge in [0.2, 0.25) is 5.91 Å². The first kappa shape index (κ1) is 12.3. The first-order valence-corrected chi connectivity index (χ1v) is 4.86. The number of hydrogen-bond acceptors (Lipinski definition) is 2. The SMILES string of the molecule is O=C1CCN(c2c(F)c(F)cc(F)c2F)C(=O)N1. The molecule has 0 radical (unpaired) electrons. The Kier molecular flexibility index (Phi) is 2.93. The lowest BCUT2D eigenvalue weighted by Crippen LogP contribution is -2.50. The van der Waals surface area contributed by atoms with E-state index < -0.39 is 40.9 Å². The molecule has 3 amide bonds. The van der Waals surface area contributed by atoms with Gasteiger partial charge in [-0.05, 0) is 0 Å². The zero-order chi connectivity index (χ0) is 13.4. The Hall–Kier alpha value is -2.12. The lowest BCUT2D eigenvalue weighted by Gasteiger charge is -2.27. The van der Waals surface area contributed by atoms with Crippen molar-refractivity contribution in [3.8, 4) is 0 Å². The van der Waals surface area contributed by atoms with Gasteiger partial charge in [-0.2, -0.15) is 0 Å². The molecular formula is C10H6F4N2O2. The first-order chi connectivity index (χ1) is 8.41. The lowest BCUT2D eigenvalue weighted by molar-refractivity contribution is -0.120. The maximum absolute atomic E-state index is 13.4. The number of amides is 3. The largest absolute Gasteiger partial charge is 0.328 e. The molecule has 1 aromatic rings. The summed E-state index contributed by atoms with van der Waals surface area (Å²) in [5, 5.41) is 1.79. The molecule has 18 heavy (non-hydrogen) atoms. The number of nitrogens with one attached hydrogen (secondary N) is 1. The van der Waals surface area contributed by atoms with Crippen LogP contribution in [0.25, 0.3) is 0 Å². The predicted molar refractivity (Wildman–Crippen MR) is 51.8 cm³/mol. The van der Waals surface area contributed by atoms with Crippen molar-refractivity contribution < 1.29 is 27.2 Å². The van der Waals surface area contributed by atoms with Crippen molar-refractivity contribution in [1.82, 2.24) is 5.32 Å². The van der Waals surface area contributed by atoms with E-state index in [9.17, 15) is 27.2 Å². The van der Waals surface area contributed by atoms with Crippen molar-refractivity contribution >= 4 is 17.6 Å². The minimum Gasteiger partial charge on any atom is -0.288 e. The Morgan fingerprint density at radius 3 is 2.11 bits per heavy atom. The highest BCUT2D eigenvalue weighted by Crippen LogP contribution is 2.28. The number of halogens is 4. The summed E-state index contributed by atoms with van der Waals surface area (Å²) in [5.74, 6) is -7.23. The number of benzene rings is 1. The summed E-state index contributed by atoms with van der Waals surface area (Å²) in [6.07, 6.45) is -0.219. The number of carbonyl (C=O) groups is 2. The molecule has 1 saturated heterocycles. The number of imide groups is 1. The van der Waals surface area contributed by atoms with E-state index in [4.69, 9.17) is 0 Å². The molecule has 96 valence electrons. The molecule has 1 aliphatic heterocycles. The highest BCUT2D eigenvalue weighted by molar-refractivity contribution is 6.05. The molecule has 1 heterocycles. The topological polar surface area (TPSA) is 49.4 Å². The molecule has 0 spiro atoms. The van der Waals surface area contributed by atoms with Crippen LogP contribution in [0.4, 0.5) is 28.0 Å². The van der Waals surface area contributed by atoms with Crippen LogP contribution in [0.2, 0.25) is 0 Å². The number of carbonyl (C=O) groups excluding carboxylic acids is 2. The van der Waals surface area contributed by atoms with Crippen LogP contribution in [0, 0.1) is 23.3 Å². The van der Waals surface area contributed by atoms with Gasteiger partial charge in [-0.15, -0.1) is 0 Å². The minimum absolute atomic E-state index is 0.0428. The normalized spacial score (nSPS) is 15.9. The number of rotatable bonds is 1. The summed E-state index contributed by atoms with van der Waals surface area (Å²) in [4.78, 5) is 22.7. The Bertz CT molecular complexity index is 521. The van der Waals surface area contributed by atoms with Crippen LogP contribution in [0.5, 0.6) is 0 Å². The smallest absolute Gasteiger partial charge is 0.288 e. The number of nitrogens with zero attached hydrogens (tertiary/aromatic N) is 1. The van der Waals surface area contributed by atoms with Gasteiger partial charge in [-0.1, -0.05) is 0 Å². The third kappa shape index (κ3) is 1.89. The molecule has 1 N–H and O–H groups in total. The Morgan fingerprint density at radius 2 is 1.61 bits per heavy atom. The maximum atomic E-state index is 13.4. The third-order valence-corrected chi connectivity index (χ3v) is 2.41. The molecular weight excluding hydrogens is 256 g/mol. The van der Waals surface area contributed by atoms with E-state index in [1.807, 2.05) is 0 Å². The highest BCUT2D eigenvalue weighted by atomic mass is 19.2. The fraction of sp³-hybridized carbons (Fsp3) is 0.200. The van der Waals surface area contributed by atoms with Crippen molar-refractivity contribution in [3.05, 3.63) is 29.3 Å². The molecule has 0 aliphatic carbocycles. The fourth-order valence-electron chi connectivity index (χ4n) is 1.58. The summed E-state index contributed by atoms with van der Waals surface area (Å²) >= 11 is 0. The van der Waals surface area contributed by atoms with Crippen LogP contribution in [-0.4, -0.2) is 18.5 Å². The van der Waals surface area contributed by atoms with E-state index in [0.717, 1.165) is 0 Å². The monoisotopic (exact) mass is 262 g/mol. The van der Waals surface area contributed by atoms with Crippen molar-refractivity contribution in [1.29, 1.82) is 0 Å².